The van der Waals surface area contributed by atoms with Gasteiger partial charge in [0.25, 0.3) is 0 Å². The molecule has 3 atom stereocenters. The minimum Gasteiger partial charge on any atom is -0.379 e. The molecule has 0 N–H and O–H groups in total. The fourth-order valence-corrected chi connectivity index (χ4v) is 6.25. The number of amides is 2. The maximum Gasteiger partial charge on any atom is 0.219 e. The molecule has 0 radical (unpaired) electrons. The average Bonchev–Trinajstić information content (AvgIpc) is 3.53. The third-order valence-corrected chi connectivity index (χ3v) is 9.04. The minimum atomic E-state index is -0.316. The lowest BCUT2D eigenvalue weighted by Gasteiger charge is -2.41. The summed E-state index contributed by atoms with van der Waals surface area (Å²) in [5, 5.41) is 0. The highest BCUT2D eigenvalue weighted by molar-refractivity contribution is 5.85. The second-order valence-electron chi connectivity index (χ2n) is 11.8. The fraction of sp³-hybridized carbons (Fsp3) is 0.893. The molecule has 5 heterocycles. The van der Waals surface area contributed by atoms with Gasteiger partial charge in [-0.3, -0.25) is 29.1 Å². The summed E-state index contributed by atoms with van der Waals surface area (Å²) in [7, 11) is 0. The number of hydrogen-bond donors (Lipinski definition) is 0. The van der Waals surface area contributed by atoms with Gasteiger partial charge in [-0.2, -0.15) is 0 Å². The van der Waals surface area contributed by atoms with Crippen molar-refractivity contribution < 1.29 is 19.1 Å². The molecule has 9 heteroatoms. The molecule has 0 saturated carbocycles. The number of nitrogens with zero attached hydrogens (tertiary/aromatic N) is 5. The quantitative estimate of drug-likeness (QED) is 0.548. The largest absolute Gasteiger partial charge is 0.379 e. The molecular weight excluding hydrogens is 470 g/mol. The number of rotatable bonds is 2. The molecule has 5 fully saturated rings. The smallest absolute Gasteiger partial charge is 0.219 e. The predicted octanol–water partition coefficient (Wildman–Crippen LogP) is 1.70. The number of ketones is 1. The van der Waals surface area contributed by atoms with Crippen molar-refractivity contribution >= 4 is 17.6 Å². The molecule has 0 aromatic carbocycles. The number of piperazine rings is 2. The van der Waals surface area contributed by atoms with E-state index in [0.717, 1.165) is 59.0 Å². The Morgan fingerprint density at radius 2 is 1.32 bits per heavy atom. The number of fused-ring (bicyclic) bond motifs is 2. The molecule has 9 nitrogen and oxygen atoms in total. The monoisotopic (exact) mass is 521 g/mol. The molecule has 2 amide bonds. The second kappa shape index (κ2) is 13.5. The molecule has 5 rings (SSSR count). The first-order valence-electron chi connectivity index (χ1n) is 14.3. The van der Waals surface area contributed by atoms with Crippen LogP contribution in [0.1, 0.15) is 67.2 Å². The Morgan fingerprint density at radius 3 is 1.89 bits per heavy atom. The van der Waals surface area contributed by atoms with Gasteiger partial charge in [-0.05, 0) is 66.5 Å². The zero-order valence-electron chi connectivity index (χ0n) is 24.2. The molecule has 3 unspecified atom stereocenters. The number of Topliss-reactive ketones (excluding diaryl/α,β-unsaturated/α-hetero) is 1. The molecule has 0 bridgehead atoms. The van der Waals surface area contributed by atoms with Crippen LogP contribution < -0.4 is 0 Å². The summed E-state index contributed by atoms with van der Waals surface area (Å²) in [6.45, 7) is 21.8. The summed E-state index contributed by atoms with van der Waals surface area (Å²) in [5.41, 5.74) is -0.316. The van der Waals surface area contributed by atoms with Gasteiger partial charge in [0.2, 0.25) is 11.8 Å². The van der Waals surface area contributed by atoms with Crippen molar-refractivity contribution in [2.24, 2.45) is 0 Å². The van der Waals surface area contributed by atoms with Crippen molar-refractivity contribution in [2.75, 3.05) is 72.1 Å². The van der Waals surface area contributed by atoms with Crippen LogP contribution in [-0.4, -0.2) is 138 Å². The van der Waals surface area contributed by atoms with Crippen LogP contribution in [0.25, 0.3) is 0 Å². The Hall–Kier alpha value is -1.55. The Bertz CT molecular complexity index is 785. The molecule has 5 aliphatic heterocycles. The first-order chi connectivity index (χ1) is 17.5. The van der Waals surface area contributed by atoms with Crippen LogP contribution in [0.2, 0.25) is 0 Å². The Labute approximate surface area is 224 Å². The number of carbonyl (C=O) groups excluding carboxylic acids is 3. The van der Waals surface area contributed by atoms with Crippen molar-refractivity contribution in [3.63, 3.8) is 0 Å². The Kier molecular flexibility index (Phi) is 10.9. The first kappa shape index (κ1) is 30.0. The highest BCUT2D eigenvalue weighted by Crippen LogP contribution is 2.24. The van der Waals surface area contributed by atoms with Gasteiger partial charge in [0.1, 0.15) is 5.78 Å². The summed E-state index contributed by atoms with van der Waals surface area (Å²) in [6, 6.07) is 1.73. The lowest BCUT2D eigenvalue weighted by atomic mass is 9.97. The van der Waals surface area contributed by atoms with Gasteiger partial charge in [0, 0.05) is 77.8 Å². The number of hydrogen-bond acceptors (Lipinski definition) is 7. The maximum atomic E-state index is 11.3. The predicted molar refractivity (Wildman–Crippen MR) is 145 cm³/mol. The van der Waals surface area contributed by atoms with E-state index in [9.17, 15) is 14.4 Å². The van der Waals surface area contributed by atoms with Crippen molar-refractivity contribution in [1.29, 1.82) is 0 Å². The molecular formula is C28H51N5O4. The molecule has 5 saturated heterocycles. The second-order valence-corrected chi connectivity index (χ2v) is 11.8. The van der Waals surface area contributed by atoms with Crippen LogP contribution in [0.5, 0.6) is 0 Å². The molecule has 0 aliphatic carbocycles. The van der Waals surface area contributed by atoms with Gasteiger partial charge in [-0.1, -0.05) is 0 Å². The molecule has 0 aromatic heterocycles. The van der Waals surface area contributed by atoms with E-state index in [2.05, 4.69) is 21.6 Å². The van der Waals surface area contributed by atoms with Crippen molar-refractivity contribution in [1.82, 2.24) is 24.5 Å². The SMILES string of the molecule is CC(=O)C(C)(C)N1CCOCC1.CC(=O)N1CC2CCCN2CC1C.CC(=O)N1CCN2CCCC2C1. The van der Waals surface area contributed by atoms with Gasteiger partial charge in [0.15, 0.2) is 0 Å². The molecule has 37 heavy (non-hydrogen) atoms. The Balaban J connectivity index is 0.000000154. The summed E-state index contributed by atoms with van der Waals surface area (Å²) in [6.07, 6.45) is 5.18. The zero-order chi connectivity index (χ0) is 27.2. The van der Waals surface area contributed by atoms with Crippen LogP contribution >= 0.6 is 0 Å². The molecule has 5 aliphatic rings. The van der Waals surface area contributed by atoms with E-state index in [1.807, 2.05) is 23.6 Å². The standard InChI is InChI=1S/C10H18N2O.C9H16N2O.C9H17NO2/c1-8-6-11-5-3-4-10(11)7-12(8)9(2)13;1-8(12)11-6-5-10-4-2-3-9(10)7-11;1-8(11)9(2,3)10-4-6-12-7-5-10/h8,10H,3-7H2,1-2H3;9H,2-7H2,1H3;4-7H2,1-3H3. The van der Waals surface area contributed by atoms with Crippen molar-refractivity contribution in [3.8, 4) is 0 Å². The molecule has 212 valence electrons. The number of ether oxygens (including phenoxy) is 1. The number of morpholine rings is 1. The molecule has 0 spiro atoms. The van der Waals surface area contributed by atoms with Crippen LogP contribution in [0.4, 0.5) is 0 Å². The van der Waals surface area contributed by atoms with Crippen molar-refractivity contribution in [2.45, 2.75) is 90.9 Å². The van der Waals surface area contributed by atoms with Gasteiger partial charge in [0.05, 0.1) is 18.8 Å². The summed E-state index contributed by atoms with van der Waals surface area (Å²) in [5.74, 6) is 0.699. The summed E-state index contributed by atoms with van der Waals surface area (Å²) >= 11 is 0. The summed E-state index contributed by atoms with van der Waals surface area (Å²) in [4.78, 5) is 44.9. The Morgan fingerprint density at radius 1 is 0.730 bits per heavy atom. The van der Waals surface area contributed by atoms with Gasteiger partial charge in [-0.25, -0.2) is 0 Å². The van der Waals surface area contributed by atoms with E-state index in [-0.39, 0.29) is 23.1 Å². The fourth-order valence-electron chi connectivity index (χ4n) is 6.25. The highest BCUT2D eigenvalue weighted by Gasteiger charge is 2.35. The average molecular weight is 522 g/mol. The van der Waals surface area contributed by atoms with E-state index in [0.29, 0.717) is 18.1 Å². The zero-order valence-corrected chi connectivity index (χ0v) is 24.2. The van der Waals surface area contributed by atoms with Gasteiger partial charge in [-0.15, -0.1) is 0 Å². The summed E-state index contributed by atoms with van der Waals surface area (Å²) < 4.78 is 5.22. The van der Waals surface area contributed by atoms with Crippen LogP contribution in [0.3, 0.4) is 0 Å². The van der Waals surface area contributed by atoms with E-state index in [1.54, 1.807) is 20.8 Å². The van der Waals surface area contributed by atoms with Gasteiger partial charge < -0.3 is 14.5 Å². The first-order valence-corrected chi connectivity index (χ1v) is 14.3. The highest BCUT2D eigenvalue weighted by atomic mass is 16.5. The van der Waals surface area contributed by atoms with E-state index >= 15 is 0 Å². The topological polar surface area (TPSA) is 76.6 Å². The third-order valence-electron chi connectivity index (χ3n) is 9.04. The number of carbonyl (C=O) groups is 3. The lowest BCUT2D eigenvalue weighted by Crippen LogP contribution is -2.56. The molecule has 0 aromatic rings. The van der Waals surface area contributed by atoms with Crippen LogP contribution in [-0.2, 0) is 19.1 Å². The van der Waals surface area contributed by atoms with Gasteiger partial charge >= 0.3 is 0 Å². The van der Waals surface area contributed by atoms with E-state index < -0.39 is 0 Å². The third kappa shape index (κ3) is 7.97. The van der Waals surface area contributed by atoms with Crippen molar-refractivity contribution in [3.05, 3.63) is 0 Å². The lowest BCUT2D eigenvalue weighted by molar-refractivity contribution is -0.134. The van der Waals surface area contributed by atoms with E-state index in [4.69, 9.17) is 4.74 Å². The van der Waals surface area contributed by atoms with Crippen LogP contribution in [0, 0.1) is 0 Å². The van der Waals surface area contributed by atoms with Crippen LogP contribution in [0.15, 0.2) is 0 Å². The van der Waals surface area contributed by atoms with E-state index in [1.165, 1.54) is 38.8 Å². The normalized spacial score (nSPS) is 28.9. The maximum absolute atomic E-state index is 11.3. The minimum absolute atomic E-state index is 0.226.